The molecule has 2 saturated carbocycles. The van der Waals surface area contributed by atoms with Gasteiger partial charge in [-0.15, -0.1) is 0 Å². The Morgan fingerprint density at radius 1 is 1.03 bits per heavy atom. The minimum absolute atomic E-state index is 0.305. The van der Waals surface area contributed by atoms with Crippen LogP contribution in [0.2, 0.25) is 0 Å². The van der Waals surface area contributed by atoms with Crippen molar-refractivity contribution < 1.29 is 18.3 Å². The van der Waals surface area contributed by atoms with Gasteiger partial charge >= 0.3 is 0 Å². The summed E-state index contributed by atoms with van der Waals surface area (Å²) >= 11 is 0. The first kappa shape index (κ1) is 23.5. The molecule has 3 aromatic rings. The highest BCUT2D eigenvalue weighted by Crippen LogP contribution is 2.46. The smallest absolute Gasteiger partial charge is 0.296 e. The predicted octanol–water partition coefficient (Wildman–Crippen LogP) is 4.92. The van der Waals surface area contributed by atoms with Gasteiger partial charge in [-0.3, -0.25) is 9.36 Å². The van der Waals surface area contributed by atoms with Crippen LogP contribution in [0.5, 0.6) is 0 Å². The zero-order valence-electron chi connectivity index (χ0n) is 20.3. The van der Waals surface area contributed by atoms with E-state index in [4.69, 9.17) is 14.7 Å². The van der Waals surface area contributed by atoms with Crippen LogP contribution in [0.25, 0.3) is 16.9 Å². The number of para-hydroxylation sites is 2. The number of Topliss-reactive ketones (excluding diaryl/α,β-unsaturated/α-hetero) is 1. The number of imidazole rings is 1. The third-order valence-electron chi connectivity index (χ3n) is 8.02. The van der Waals surface area contributed by atoms with E-state index in [1.807, 2.05) is 12.1 Å². The lowest BCUT2D eigenvalue weighted by atomic mass is 9.96. The Labute approximate surface area is 208 Å². The van der Waals surface area contributed by atoms with Gasteiger partial charge in [0.25, 0.3) is 6.43 Å². The number of benzene rings is 1. The summed E-state index contributed by atoms with van der Waals surface area (Å²) in [6.07, 6.45) is 3.96. The van der Waals surface area contributed by atoms with Crippen LogP contribution in [0.4, 0.5) is 14.7 Å². The molecule has 36 heavy (non-hydrogen) atoms. The van der Waals surface area contributed by atoms with Gasteiger partial charge in [0.1, 0.15) is 11.6 Å². The molecule has 7 nitrogen and oxygen atoms in total. The number of anilines is 1. The third-order valence-corrected chi connectivity index (χ3v) is 8.02. The molecule has 0 N–H and O–H groups in total. The second-order valence-corrected chi connectivity index (χ2v) is 10.4. The molecule has 3 fully saturated rings. The summed E-state index contributed by atoms with van der Waals surface area (Å²) in [4.78, 5) is 27.6. The van der Waals surface area contributed by atoms with Crippen molar-refractivity contribution in [3.63, 3.8) is 0 Å². The summed E-state index contributed by atoms with van der Waals surface area (Å²) in [7, 11) is 0. The number of carbonyl (C=O) groups is 1. The number of halogens is 2. The standard InChI is InChI=1S/C27H31F2N5O2/c28-25(29)26-31-22-6-1-2-7-23(22)34(26)24-16-20(30-27(32-24)33-8-10-36-11-9-33)5-3-4-17-12-18-14-21(35)15-19(18)13-17/h1-2,6-7,16-19,25H,3-5,8-15H2/t17-,18+,19-. The van der Waals surface area contributed by atoms with Gasteiger partial charge in [0, 0.05) is 37.7 Å². The number of alkyl halides is 2. The Hall–Kier alpha value is -2.94. The molecule has 0 amide bonds. The number of hydrogen-bond acceptors (Lipinski definition) is 6. The molecule has 0 spiro atoms. The second kappa shape index (κ2) is 9.84. The number of morpholine rings is 1. The van der Waals surface area contributed by atoms with Crippen molar-refractivity contribution in [2.24, 2.45) is 17.8 Å². The van der Waals surface area contributed by atoms with Crippen LogP contribution >= 0.6 is 0 Å². The average Bonchev–Trinajstić information content (AvgIpc) is 3.55. The largest absolute Gasteiger partial charge is 0.378 e. The molecule has 6 rings (SSSR count). The molecule has 3 heterocycles. The molecular formula is C27H31F2N5O2. The molecule has 2 aliphatic carbocycles. The number of rotatable bonds is 7. The lowest BCUT2D eigenvalue weighted by Crippen LogP contribution is -2.37. The predicted molar refractivity (Wildman–Crippen MR) is 132 cm³/mol. The maximum atomic E-state index is 14.0. The van der Waals surface area contributed by atoms with Crippen molar-refractivity contribution in [3.8, 4) is 5.82 Å². The van der Waals surface area contributed by atoms with Gasteiger partial charge in [0.05, 0.1) is 24.2 Å². The van der Waals surface area contributed by atoms with Crippen LogP contribution in [-0.2, 0) is 16.0 Å². The molecule has 0 bridgehead atoms. The first-order valence-electron chi connectivity index (χ1n) is 13.0. The molecule has 3 atom stereocenters. The highest BCUT2D eigenvalue weighted by atomic mass is 19.3. The van der Waals surface area contributed by atoms with Crippen molar-refractivity contribution in [1.82, 2.24) is 19.5 Å². The van der Waals surface area contributed by atoms with Crippen LogP contribution < -0.4 is 4.90 Å². The summed E-state index contributed by atoms with van der Waals surface area (Å²) in [5.74, 6) is 2.95. The van der Waals surface area contributed by atoms with Crippen LogP contribution in [0.15, 0.2) is 30.3 Å². The zero-order valence-corrected chi connectivity index (χ0v) is 20.3. The number of nitrogens with zero attached hydrogens (tertiary/aromatic N) is 5. The molecule has 3 aliphatic rings. The first-order valence-corrected chi connectivity index (χ1v) is 13.0. The van der Waals surface area contributed by atoms with Gasteiger partial charge in [0.2, 0.25) is 5.95 Å². The Morgan fingerprint density at radius 3 is 2.53 bits per heavy atom. The van der Waals surface area contributed by atoms with Crippen molar-refractivity contribution in [1.29, 1.82) is 0 Å². The van der Waals surface area contributed by atoms with Gasteiger partial charge in [-0.2, -0.15) is 4.98 Å². The third kappa shape index (κ3) is 4.61. The highest BCUT2D eigenvalue weighted by Gasteiger charge is 2.40. The molecule has 1 aliphatic heterocycles. The lowest BCUT2D eigenvalue weighted by molar-refractivity contribution is -0.117. The van der Waals surface area contributed by atoms with Crippen molar-refractivity contribution in [3.05, 3.63) is 41.9 Å². The molecule has 0 unspecified atom stereocenters. The van der Waals surface area contributed by atoms with Crippen LogP contribution in [0.3, 0.4) is 0 Å². The van der Waals surface area contributed by atoms with E-state index in [-0.39, 0.29) is 5.82 Å². The number of aromatic nitrogens is 4. The van der Waals surface area contributed by atoms with E-state index in [0.29, 0.717) is 72.6 Å². The van der Waals surface area contributed by atoms with Crippen LogP contribution in [-0.4, -0.2) is 51.6 Å². The fourth-order valence-electron chi connectivity index (χ4n) is 6.36. The normalized spacial score (nSPS) is 24.2. The number of hydrogen-bond donors (Lipinski definition) is 0. The topological polar surface area (TPSA) is 73.1 Å². The quantitative estimate of drug-likeness (QED) is 0.463. The van der Waals surface area contributed by atoms with E-state index in [1.54, 1.807) is 18.2 Å². The van der Waals surface area contributed by atoms with Gasteiger partial charge in [-0.25, -0.2) is 18.7 Å². The number of fused-ring (bicyclic) bond motifs is 2. The minimum atomic E-state index is -2.73. The summed E-state index contributed by atoms with van der Waals surface area (Å²) in [6, 6.07) is 9.00. The van der Waals surface area contributed by atoms with Crippen LogP contribution in [0, 0.1) is 17.8 Å². The fourth-order valence-corrected chi connectivity index (χ4v) is 6.36. The SMILES string of the molecule is O=C1C[C@@H]2C[C@@H](CCCc3cc(-n4c(C(F)F)nc5ccccc54)nc(N4CCOCC4)n3)C[C@@H]2C1. The summed E-state index contributed by atoms with van der Waals surface area (Å²) in [5.41, 5.74) is 1.98. The number of ether oxygens (including phenoxy) is 1. The molecule has 1 aromatic carbocycles. The molecule has 2 aromatic heterocycles. The van der Waals surface area contributed by atoms with E-state index >= 15 is 0 Å². The van der Waals surface area contributed by atoms with Crippen LogP contribution in [0.1, 0.15) is 56.5 Å². The first-order chi connectivity index (χ1) is 17.5. The van der Waals surface area contributed by atoms with Gasteiger partial charge < -0.3 is 9.64 Å². The van der Waals surface area contributed by atoms with Gasteiger partial charge in [-0.05, 0) is 55.6 Å². The van der Waals surface area contributed by atoms with E-state index in [1.165, 1.54) is 4.57 Å². The second-order valence-electron chi connectivity index (χ2n) is 10.4. The van der Waals surface area contributed by atoms with E-state index in [0.717, 1.165) is 50.6 Å². The Balaban J connectivity index is 1.27. The van der Waals surface area contributed by atoms with E-state index in [9.17, 15) is 13.6 Å². The van der Waals surface area contributed by atoms with Crippen molar-refractivity contribution in [2.75, 3.05) is 31.2 Å². The zero-order chi connectivity index (χ0) is 24.6. The lowest BCUT2D eigenvalue weighted by Gasteiger charge is -2.27. The number of carbonyl (C=O) groups excluding carboxylic acids is 1. The molecule has 9 heteroatoms. The summed E-state index contributed by atoms with van der Waals surface area (Å²) < 4.78 is 35.0. The van der Waals surface area contributed by atoms with Gasteiger partial charge in [0.15, 0.2) is 5.82 Å². The molecule has 1 saturated heterocycles. The molecular weight excluding hydrogens is 464 g/mol. The maximum Gasteiger partial charge on any atom is 0.296 e. The summed E-state index contributed by atoms with van der Waals surface area (Å²) in [5, 5.41) is 0. The molecule has 190 valence electrons. The monoisotopic (exact) mass is 495 g/mol. The fraction of sp³-hybridized carbons (Fsp3) is 0.556. The maximum absolute atomic E-state index is 14.0. The minimum Gasteiger partial charge on any atom is -0.378 e. The molecule has 0 radical (unpaired) electrons. The number of ketones is 1. The summed E-state index contributed by atoms with van der Waals surface area (Å²) in [6.45, 7) is 2.51. The van der Waals surface area contributed by atoms with E-state index in [2.05, 4.69) is 9.88 Å². The van der Waals surface area contributed by atoms with E-state index < -0.39 is 6.43 Å². The van der Waals surface area contributed by atoms with Crippen molar-refractivity contribution in [2.45, 2.75) is 51.4 Å². The highest BCUT2D eigenvalue weighted by molar-refractivity contribution is 5.81. The Kier molecular flexibility index (Phi) is 6.41. The average molecular weight is 496 g/mol. The Bertz CT molecular complexity index is 1240. The van der Waals surface area contributed by atoms with Crippen molar-refractivity contribution >= 4 is 22.8 Å². The number of aryl methyl sites for hydroxylation is 1. The Morgan fingerprint density at radius 2 is 1.78 bits per heavy atom. The van der Waals surface area contributed by atoms with Gasteiger partial charge in [-0.1, -0.05) is 18.6 Å².